The second-order valence-electron chi connectivity index (χ2n) is 3.98. The molecule has 98 valence electrons. The van der Waals surface area contributed by atoms with Gasteiger partial charge in [0.25, 0.3) is 0 Å². The largest absolute Gasteiger partial charge is 0.401 e. The predicted molar refractivity (Wildman–Crippen MR) is 65.9 cm³/mol. The summed E-state index contributed by atoms with van der Waals surface area (Å²) in [6, 6.07) is 7.42. The van der Waals surface area contributed by atoms with Gasteiger partial charge in [0.15, 0.2) is 0 Å². The number of benzene rings is 1. The smallest absolute Gasteiger partial charge is 0.345 e. The lowest BCUT2D eigenvalue weighted by Crippen LogP contribution is -2.31. The molecule has 0 aliphatic rings. The highest BCUT2D eigenvalue weighted by Gasteiger charge is 2.25. The van der Waals surface area contributed by atoms with Gasteiger partial charge in [-0.2, -0.15) is 13.2 Å². The molecular weight excluding hydrogens is 265 g/mol. The van der Waals surface area contributed by atoms with E-state index in [0.29, 0.717) is 11.6 Å². The molecule has 0 bridgehead atoms. The van der Waals surface area contributed by atoms with E-state index in [1.165, 1.54) is 0 Å². The molecule has 0 fully saturated rings. The van der Waals surface area contributed by atoms with Crippen molar-refractivity contribution < 1.29 is 13.2 Å². The summed E-state index contributed by atoms with van der Waals surface area (Å²) in [4.78, 5) is 0. The summed E-state index contributed by atoms with van der Waals surface area (Å²) < 4.78 is 37.7. The van der Waals surface area contributed by atoms with Crippen molar-refractivity contribution in [1.82, 2.24) is 9.88 Å². The van der Waals surface area contributed by atoms with E-state index in [1.807, 2.05) is 29.0 Å². The summed E-state index contributed by atoms with van der Waals surface area (Å²) in [7, 11) is 0. The maximum Gasteiger partial charge on any atom is 0.401 e. The molecule has 6 heteroatoms. The van der Waals surface area contributed by atoms with Gasteiger partial charge < -0.3 is 9.88 Å². The number of para-hydroxylation sites is 1. The first-order valence-electron chi connectivity index (χ1n) is 5.48. The van der Waals surface area contributed by atoms with Crippen LogP contribution >= 0.6 is 11.6 Å². The summed E-state index contributed by atoms with van der Waals surface area (Å²) in [5.74, 6) is 0. The van der Waals surface area contributed by atoms with Crippen LogP contribution in [-0.2, 0) is 6.54 Å². The van der Waals surface area contributed by atoms with Crippen molar-refractivity contribution >= 4 is 22.5 Å². The van der Waals surface area contributed by atoms with Crippen LogP contribution < -0.4 is 5.32 Å². The van der Waals surface area contributed by atoms with Crippen molar-refractivity contribution in [2.75, 3.05) is 13.1 Å². The van der Waals surface area contributed by atoms with Gasteiger partial charge in [-0.1, -0.05) is 23.7 Å². The standard InChI is InChI=1S/C12H12ClF3N2/c13-10-3-1-2-9-4-6-18(11(9)10)7-5-17-8-12(14,15)16/h1-4,6,17H,5,7-8H2. The first kappa shape index (κ1) is 13.2. The van der Waals surface area contributed by atoms with Crippen LogP contribution in [-0.4, -0.2) is 23.8 Å². The SMILES string of the molecule is FC(F)(F)CNCCn1ccc2cccc(Cl)c21. The average Bonchev–Trinajstić information content (AvgIpc) is 2.68. The Morgan fingerprint density at radius 2 is 2.00 bits per heavy atom. The molecule has 0 unspecified atom stereocenters. The average molecular weight is 277 g/mol. The minimum Gasteiger partial charge on any atom is -0.345 e. The summed E-state index contributed by atoms with van der Waals surface area (Å²) >= 11 is 6.07. The van der Waals surface area contributed by atoms with E-state index in [-0.39, 0.29) is 6.54 Å². The molecule has 1 aromatic heterocycles. The lowest BCUT2D eigenvalue weighted by Gasteiger charge is -2.10. The number of halogens is 4. The number of aromatic nitrogens is 1. The number of nitrogens with zero attached hydrogens (tertiary/aromatic N) is 1. The molecular formula is C12H12ClF3N2. The fourth-order valence-electron chi connectivity index (χ4n) is 1.83. The molecule has 0 amide bonds. The van der Waals surface area contributed by atoms with Gasteiger partial charge in [-0.3, -0.25) is 0 Å². The zero-order chi connectivity index (χ0) is 13.2. The van der Waals surface area contributed by atoms with Gasteiger partial charge in [0.05, 0.1) is 17.1 Å². The number of hydrogen-bond donors (Lipinski definition) is 1. The van der Waals surface area contributed by atoms with Crippen LogP contribution in [0.5, 0.6) is 0 Å². The van der Waals surface area contributed by atoms with Gasteiger partial charge in [-0.15, -0.1) is 0 Å². The molecule has 1 N–H and O–H groups in total. The first-order chi connectivity index (χ1) is 8.47. The molecule has 0 saturated heterocycles. The van der Waals surface area contributed by atoms with Gasteiger partial charge in [-0.25, -0.2) is 0 Å². The lowest BCUT2D eigenvalue weighted by atomic mass is 10.2. The molecule has 2 aromatic rings. The van der Waals surface area contributed by atoms with E-state index in [2.05, 4.69) is 5.32 Å². The quantitative estimate of drug-likeness (QED) is 0.847. The third kappa shape index (κ3) is 3.17. The van der Waals surface area contributed by atoms with E-state index in [9.17, 15) is 13.2 Å². The van der Waals surface area contributed by atoms with Crippen LogP contribution in [0.15, 0.2) is 30.5 Å². The Morgan fingerprint density at radius 1 is 1.22 bits per heavy atom. The molecule has 2 rings (SSSR count). The Labute approximate surface area is 107 Å². The maximum atomic E-state index is 11.9. The van der Waals surface area contributed by atoms with Gasteiger partial charge in [0, 0.05) is 24.7 Å². The lowest BCUT2D eigenvalue weighted by molar-refractivity contribution is -0.124. The highest BCUT2D eigenvalue weighted by Crippen LogP contribution is 2.24. The maximum absolute atomic E-state index is 11.9. The van der Waals surface area contributed by atoms with Crippen LogP contribution in [0.3, 0.4) is 0 Å². The zero-order valence-electron chi connectivity index (χ0n) is 9.47. The molecule has 0 atom stereocenters. The van der Waals surface area contributed by atoms with Gasteiger partial charge >= 0.3 is 6.18 Å². The number of rotatable bonds is 4. The highest BCUT2D eigenvalue weighted by molar-refractivity contribution is 6.35. The highest BCUT2D eigenvalue weighted by atomic mass is 35.5. The second kappa shape index (κ2) is 5.20. The van der Waals surface area contributed by atoms with Crippen LogP contribution in [0.1, 0.15) is 0 Å². The Kier molecular flexibility index (Phi) is 3.82. The minimum atomic E-state index is -4.17. The van der Waals surface area contributed by atoms with Crippen molar-refractivity contribution in [2.45, 2.75) is 12.7 Å². The second-order valence-corrected chi connectivity index (χ2v) is 4.39. The van der Waals surface area contributed by atoms with Crippen molar-refractivity contribution in [3.63, 3.8) is 0 Å². The van der Waals surface area contributed by atoms with Crippen molar-refractivity contribution in [2.24, 2.45) is 0 Å². The van der Waals surface area contributed by atoms with E-state index in [0.717, 1.165) is 10.9 Å². The third-order valence-corrected chi connectivity index (χ3v) is 2.90. The normalized spacial score (nSPS) is 12.2. The van der Waals surface area contributed by atoms with Crippen molar-refractivity contribution in [1.29, 1.82) is 0 Å². The Hall–Kier alpha value is -1.20. The van der Waals surface area contributed by atoms with Gasteiger partial charge in [0.1, 0.15) is 0 Å². The fourth-order valence-corrected chi connectivity index (χ4v) is 2.12. The molecule has 0 aliphatic carbocycles. The summed E-state index contributed by atoms with van der Waals surface area (Å²) in [6.07, 6.45) is -2.35. The molecule has 2 nitrogen and oxygen atoms in total. The number of nitrogens with one attached hydrogen (secondary N) is 1. The number of fused-ring (bicyclic) bond motifs is 1. The van der Waals surface area contributed by atoms with E-state index >= 15 is 0 Å². The topological polar surface area (TPSA) is 17.0 Å². The van der Waals surface area contributed by atoms with E-state index in [1.54, 1.807) is 6.07 Å². The zero-order valence-corrected chi connectivity index (χ0v) is 10.2. The van der Waals surface area contributed by atoms with E-state index in [4.69, 9.17) is 11.6 Å². The van der Waals surface area contributed by atoms with Crippen molar-refractivity contribution in [3.8, 4) is 0 Å². The minimum absolute atomic E-state index is 0.245. The van der Waals surface area contributed by atoms with Crippen LogP contribution in [0.25, 0.3) is 10.9 Å². The number of alkyl halides is 3. The Morgan fingerprint density at radius 3 is 2.72 bits per heavy atom. The summed E-state index contributed by atoms with van der Waals surface area (Å²) in [6.45, 7) is -0.280. The van der Waals surface area contributed by atoms with Gasteiger partial charge in [-0.05, 0) is 12.1 Å². The summed E-state index contributed by atoms with van der Waals surface area (Å²) in [5.41, 5.74) is 0.855. The molecule has 0 aliphatic heterocycles. The Balaban J connectivity index is 2.00. The molecule has 0 spiro atoms. The molecule has 1 heterocycles. The summed E-state index contributed by atoms with van der Waals surface area (Å²) in [5, 5.41) is 3.95. The van der Waals surface area contributed by atoms with Crippen LogP contribution in [0.4, 0.5) is 13.2 Å². The van der Waals surface area contributed by atoms with E-state index < -0.39 is 12.7 Å². The predicted octanol–water partition coefficient (Wildman–Crippen LogP) is 3.45. The Bertz CT molecular complexity index is 534. The molecule has 0 radical (unpaired) electrons. The number of hydrogen-bond acceptors (Lipinski definition) is 1. The molecule has 0 saturated carbocycles. The first-order valence-corrected chi connectivity index (χ1v) is 5.86. The molecule has 1 aromatic carbocycles. The monoisotopic (exact) mass is 276 g/mol. The van der Waals surface area contributed by atoms with Crippen LogP contribution in [0.2, 0.25) is 5.02 Å². The van der Waals surface area contributed by atoms with Crippen LogP contribution in [0, 0.1) is 0 Å². The van der Waals surface area contributed by atoms with Gasteiger partial charge in [0.2, 0.25) is 0 Å². The molecule has 18 heavy (non-hydrogen) atoms. The third-order valence-electron chi connectivity index (χ3n) is 2.59. The van der Waals surface area contributed by atoms with Crippen molar-refractivity contribution in [3.05, 3.63) is 35.5 Å². The fraction of sp³-hybridized carbons (Fsp3) is 0.333.